The lowest BCUT2D eigenvalue weighted by atomic mass is 10.2. The molecule has 1 N–H and O–H groups in total. The molecule has 2 aromatic carbocycles. The van der Waals surface area contributed by atoms with Crippen LogP contribution < -0.4 is 9.47 Å². The van der Waals surface area contributed by atoms with Gasteiger partial charge >= 0.3 is 0 Å². The number of rotatable bonds is 4. The van der Waals surface area contributed by atoms with E-state index in [0.29, 0.717) is 40.6 Å². The second kappa shape index (κ2) is 7.37. The zero-order valence-corrected chi connectivity index (χ0v) is 14.9. The smallest absolute Gasteiger partial charge is 0.209 e. The quantitative estimate of drug-likeness (QED) is 0.678. The van der Waals surface area contributed by atoms with Gasteiger partial charge in [-0.1, -0.05) is 53.7 Å². The molecule has 3 aromatic rings. The summed E-state index contributed by atoms with van der Waals surface area (Å²) >= 11 is 7.88. The molecule has 25 heavy (non-hydrogen) atoms. The Balaban J connectivity index is 1.48. The highest BCUT2D eigenvalue weighted by Gasteiger charge is 2.16. The molecule has 0 unspecified atom stereocenters. The van der Waals surface area contributed by atoms with Crippen molar-refractivity contribution >= 4 is 23.4 Å². The van der Waals surface area contributed by atoms with E-state index in [-0.39, 0.29) is 0 Å². The first-order valence-electron chi connectivity index (χ1n) is 7.98. The van der Waals surface area contributed by atoms with Gasteiger partial charge in [-0.15, -0.1) is 5.10 Å². The van der Waals surface area contributed by atoms with E-state index in [1.54, 1.807) is 11.8 Å². The highest BCUT2D eigenvalue weighted by molar-refractivity contribution is 7.98. The maximum atomic E-state index is 6.33. The van der Waals surface area contributed by atoms with Crippen molar-refractivity contribution in [2.24, 2.45) is 0 Å². The maximum Gasteiger partial charge on any atom is 0.209 e. The fraction of sp³-hybridized carbons (Fsp3) is 0.222. The Bertz CT molecular complexity index is 870. The van der Waals surface area contributed by atoms with Crippen LogP contribution in [0.2, 0.25) is 5.02 Å². The number of hydrogen-bond donors (Lipinski definition) is 1. The summed E-state index contributed by atoms with van der Waals surface area (Å²) in [7, 11) is 0. The van der Waals surface area contributed by atoms with Crippen LogP contribution in [0.4, 0.5) is 0 Å². The molecule has 4 rings (SSSR count). The van der Waals surface area contributed by atoms with Gasteiger partial charge in [0.25, 0.3) is 0 Å². The molecule has 0 fully saturated rings. The van der Waals surface area contributed by atoms with Crippen LogP contribution in [0.3, 0.4) is 0 Å². The van der Waals surface area contributed by atoms with E-state index in [4.69, 9.17) is 21.1 Å². The van der Waals surface area contributed by atoms with E-state index in [2.05, 4.69) is 15.2 Å². The Kier molecular flexibility index (Phi) is 4.81. The van der Waals surface area contributed by atoms with E-state index in [1.165, 1.54) is 0 Å². The van der Waals surface area contributed by atoms with E-state index >= 15 is 0 Å². The number of hydrogen-bond acceptors (Lipinski definition) is 5. The molecule has 1 aliphatic heterocycles. The van der Waals surface area contributed by atoms with Crippen molar-refractivity contribution in [1.82, 2.24) is 15.2 Å². The molecule has 7 heteroatoms. The van der Waals surface area contributed by atoms with Gasteiger partial charge < -0.3 is 9.47 Å². The number of thioether (sulfide) groups is 1. The third kappa shape index (κ3) is 3.75. The number of H-pyrrole nitrogens is 1. The second-order valence-electron chi connectivity index (χ2n) is 5.58. The van der Waals surface area contributed by atoms with Crippen LogP contribution in [0.1, 0.15) is 12.0 Å². The summed E-state index contributed by atoms with van der Waals surface area (Å²) in [5, 5.41) is 8.52. The van der Waals surface area contributed by atoms with Gasteiger partial charge in [-0.3, -0.25) is 5.10 Å². The van der Waals surface area contributed by atoms with Crippen molar-refractivity contribution in [3.63, 3.8) is 0 Å². The van der Waals surface area contributed by atoms with Gasteiger partial charge in [0.2, 0.25) is 5.16 Å². The molecule has 1 aromatic heterocycles. The zero-order valence-electron chi connectivity index (χ0n) is 13.4. The number of aromatic nitrogens is 3. The summed E-state index contributed by atoms with van der Waals surface area (Å²) in [4.78, 5) is 4.53. The number of fused-ring (bicyclic) bond motifs is 1. The Morgan fingerprint density at radius 2 is 1.96 bits per heavy atom. The molecular weight excluding hydrogens is 358 g/mol. The van der Waals surface area contributed by atoms with Gasteiger partial charge in [-0.25, -0.2) is 4.98 Å². The molecule has 0 radical (unpaired) electrons. The molecule has 0 bridgehead atoms. The van der Waals surface area contributed by atoms with Crippen molar-refractivity contribution in [2.75, 3.05) is 13.2 Å². The Hall–Kier alpha value is -2.18. The topological polar surface area (TPSA) is 60.0 Å². The van der Waals surface area contributed by atoms with Crippen molar-refractivity contribution in [3.05, 3.63) is 53.1 Å². The lowest BCUT2D eigenvalue weighted by Crippen LogP contribution is -1.97. The monoisotopic (exact) mass is 373 g/mol. The van der Waals surface area contributed by atoms with E-state index < -0.39 is 0 Å². The van der Waals surface area contributed by atoms with E-state index in [9.17, 15) is 0 Å². The average Bonchev–Trinajstić information content (AvgIpc) is 2.98. The molecular formula is C18H16ClN3O2S. The number of nitrogens with one attached hydrogen (secondary N) is 1. The summed E-state index contributed by atoms with van der Waals surface area (Å²) in [6.45, 7) is 1.27. The number of halogens is 1. The zero-order chi connectivity index (χ0) is 17.1. The Morgan fingerprint density at radius 3 is 2.84 bits per heavy atom. The summed E-state index contributed by atoms with van der Waals surface area (Å²) in [6, 6.07) is 13.8. The van der Waals surface area contributed by atoms with E-state index in [1.807, 2.05) is 42.5 Å². The van der Waals surface area contributed by atoms with Crippen molar-refractivity contribution < 1.29 is 9.47 Å². The molecule has 0 amide bonds. The van der Waals surface area contributed by atoms with Gasteiger partial charge in [0, 0.05) is 17.7 Å². The van der Waals surface area contributed by atoms with Gasteiger partial charge in [-0.2, -0.15) is 0 Å². The summed E-state index contributed by atoms with van der Waals surface area (Å²) in [5.74, 6) is 2.81. The molecule has 128 valence electrons. The molecule has 0 saturated carbocycles. The van der Waals surface area contributed by atoms with Crippen LogP contribution in [0.25, 0.3) is 11.4 Å². The average molecular weight is 374 g/mol. The normalized spacial score (nSPS) is 13.5. The van der Waals surface area contributed by atoms with Gasteiger partial charge in [0.15, 0.2) is 17.3 Å². The first-order valence-corrected chi connectivity index (χ1v) is 9.34. The molecule has 0 spiro atoms. The van der Waals surface area contributed by atoms with Crippen LogP contribution in [-0.4, -0.2) is 28.4 Å². The Labute approximate surface area is 154 Å². The fourth-order valence-electron chi connectivity index (χ4n) is 2.55. The summed E-state index contributed by atoms with van der Waals surface area (Å²) < 4.78 is 11.4. The number of benzene rings is 2. The fourth-order valence-corrected chi connectivity index (χ4v) is 3.57. The second-order valence-corrected chi connectivity index (χ2v) is 6.93. The van der Waals surface area contributed by atoms with Crippen LogP contribution in [-0.2, 0) is 5.75 Å². The highest BCUT2D eigenvalue weighted by Crippen LogP contribution is 2.39. The van der Waals surface area contributed by atoms with Crippen LogP contribution in [0.5, 0.6) is 11.5 Å². The molecule has 0 aliphatic carbocycles. The molecule has 0 saturated heterocycles. The van der Waals surface area contributed by atoms with Gasteiger partial charge in [0.1, 0.15) is 0 Å². The van der Waals surface area contributed by atoms with Crippen LogP contribution in [0.15, 0.2) is 47.6 Å². The van der Waals surface area contributed by atoms with Gasteiger partial charge in [-0.05, 0) is 17.7 Å². The molecule has 2 heterocycles. The third-order valence-electron chi connectivity index (χ3n) is 3.74. The minimum atomic E-state index is 0.579. The maximum absolute atomic E-state index is 6.33. The largest absolute Gasteiger partial charge is 0.489 e. The molecule has 1 aliphatic rings. The van der Waals surface area contributed by atoms with Crippen molar-refractivity contribution in [3.8, 4) is 22.9 Å². The van der Waals surface area contributed by atoms with Crippen molar-refractivity contribution in [1.29, 1.82) is 0 Å². The minimum absolute atomic E-state index is 0.579. The Morgan fingerprint density at radius 1 is 1.12 bits per heavy atom. The molecule has 0 atom stereocenters. The highest BCUT2D eigenvalue weighted by atomic mass is 35.5. The first-order chi connectivity index (χ1) is 12.3. The minimum Gasteiger partial charge on any atom is -0.489 e. The molecule has 5 nitrogen and oxygen atoms in total. The number of nitrogens with zero attached hydrogens (tertiary/aromatic N) is 2. The van der Waals surface area contributed by atoms with Crippen LogP contribution in [0, 0.1) is 0 Å². The van der Waals surface area contributed by atoms with E-state index in [0.717, 1.165) is 23.4 Å². The third-order valence-corrected chi connectivity index (χ3v) is 4.94. The first kappa shape index (κ1) is 16.3. The lowest BCUT2D eigenvalue weighted by molar-refractivity contribution is 0.297. The SMILES string of the molecule is Clc1cc(CSc2n[nH]c(-c3ccccc3)n2)cc2c1OCCCO2. The predicted octanol–water partition coefficient (Wildman–Crippen LogP) is 4.58. The lowest BCUT2D eigenvalue weighted by Gasteiger charge is -2.11. The van der Waals surface area contributed by atoms with Crippen molar-refractivity contribution in [2.45, 2.75) is 17.3 Å². The number of ether oxygens (including phenoxy) is 2. The number of aromatic amines is 1. The standard InChI is InChI=1S/C18H16ClN3O2S/c19-14-9-12(10-15-16(14)24-8-4-7-23-15)11-25-18-20-17(21-22-18)13-5-2-1-3-6-13/h1-3,5-6,9-10H,4,7-8,11H2,(H,20,21,22). The van der Waals surface area contributed by atoms with Crippen LogP contribution >= 0.6 is 23.4 Å². The summed E-state index contributed by atoms with van der Waals surface area (Å²) in [5.41, 5.74) is 2.06. The summed E-state index contributed by atoms with van der Waals surface area (Å²) in [6.07, 6.45) is 0.856. The van der Waals surface area contributed by atoms with Gasteiger partial charge in [0.05, 0.1) is 18.2 Å². The predicted molar refractivity (Wildman–Crippen MR) is 98.4 cm³/mol.